The highest BCUT2D eigenvalue weighted by Gasteiger charge is 2.51. The summed E-state index contributed by atoms with van der Waals surface area (Å²) >= 11 is 0. The van der Waals surface area contributed by atoms with Gasteiger partial charge in [-0.15, -0.1) is 0 Å². The number of hydrogen-bond acceptors (Lipinski definition) is 2. The third kappa shape index (κ3) is 2.57. The van der Waals surface area contributed by atoms with E-state index in [1.54, 1.807) is 0 Å². The van der Waals surface area contributed by atoms with Crippen LogP contribution in [0.3, 0.4) is 0 Å². The molecule has 0 aromatic heterocycles. The zero-order chi connectivity index (χ0) is 14.2. The van der Waals surface area contributed by atoms with E-state index in [-0.39, 0.29) is 11.8 Å². The van der Waals surface area contributed by atoms with E-state index in [4.69, 9.17) is 0 Å². The first-order valence-electron chi connectivity index (χ1n) is 8.23. The number of amides is 2. The second kappa shape index (κ2) is 5.38. The number of nitrogens with one attached hydrogen (secondary N) is 1. The first-order valence-corrected chi connectivity index (χ1v) is 8.23. The minimum Gasteiger partial charge on any atom is -0.342 e. The van der Waals surface area contributed by atoms with E-state index in [9.17, 15) is 9.59 Å². The van der Waals surface area contributed by atoms with Crippen molar-refractivity contribution in [3.05, 3.63) is 0 Å². The molecule has 1 unspecified atom stereocenters. The Bertz CT molecular complexity index is 397. The van der Waals surface area contributed by atoms with Crippen LogP contribution in [0.4, 0.5) is 0 Å². The van der Waals surface area contributed by atoms with Gasteiger partial charge in [-0.2, -0.15) is 0 Å². The number of carbonyl (C=O) groups excluding carboxylic acids is 2. The monoisotopic (exact) mass is 278 g/mol. The second-order valence-corrected chi connectivity index (χ2v) is 6.92. The highest BCUT2D eigenvalue weighted by molar-refractivity contribution is 5.94. The Labute approximate surface area is 121 Å². The summed E-state index contributed by atoms with van der Waals surface area (Å²) in [6, 6.07) is 0.357. The molecule has 1 N–H and O–H groups in total. The van der Waals surface area contributed by atoms with Crippen LogP contribution in [-0.4, -0.2) is 34.8 Å². The Kier molecular flexibility index (Phi) is 3.74. The molecule has 4 nitrogen and oxygen atoms in total. The second-order valence-electron chi connectivity index (χ2n) is 6.92. The summed E-state index contributed by atoms with van der Waals surface area (Å²) in [6.45, 7) is 2.55. The molecule has 2 aliphatic carbocycles. The summed E-state index contributed by atoms with van der Waals surface area (Å²) in [4.78, 5) is 27.0. The van der Waals surface area contributed by atoms with Gasteiger partial charge in [0, 0.05) is 19.0 Å². The lowest BCUT2D eigenvalue weighted by molar-refractivity contribution is -0.141. The SMILES string of the molecule is CC1(C2CC2)NC(=O)CCN(C2CCCCCC2)C1=O. The van der Waals surface area contributed by atoms with E-state index < -0.39 is 5.54 Å². The van der Waals surface area contributed by atoms with Gasteiger partial charge in [0.2, 0.25) is 11.8 Å². The fourth-order valence-electron chi connectivity index (χ4n) is 3.88. The molecular weight excluding hydrogens is 252 g/mol. The zero-order valence-corrected chi connectivity index (χ0v) is 12.5. The average Bonchev–Trinajstić information content (AvgIpc) is 3.24. The molecule has 1 heterocycles. The summed E-state index contributed by atoms with van der Waals surface area (Å²) in [7, 11) is 0. The van der Waals surface area contributed by atoms with Gasteiger partial charge in [0.1, 0.15) is 5.54 Å². The van der Waals surface area contributed by atoms with Gasteiger partial charge in [-0.25, -0.2) is 0 Å². The molecular formula is C16H26N2O2. The van der Waals surface area contributed by atoms with E-state index in [1.807, 2.05) is 11.8 Å². The Morgan fingerprint density at radius 3 is 2.30 bits per heavy atom. The van der Waals surface area contributed by atoms with Crippen molar-refractivity contribution in [1.82, 2.24) is 10.2 Å². The van der Waals surface area contributed by atoms with Crippen LogP contribution in [0.2, 0.25) is 0 Å². The number of carbonyl (C=O) groups is 2. The van der Waals surface area contributed by atoms with Crippen molar-refractivity contribution in [2.45, 2.75) is 76.3 Å². The molecule has 4 heteroatoms. The summed E-state index contributed by atoms with van der Waals surface area (Å²) < 4.78 is 0. The third-order valence-electron chi connectivity index (χ3n) is 5.34. The summed E-state index contributed by atoms with van der Waals surface area (Å²) in [5.74, 6) is 0.576. The van der Waals surface area contributed by atoms with Crippen LogP contribution in [0.5, 0.6) is 0 Å². The minimum atomic E-state index is -0.639. The van der Waals surface area contributed by atoms with Gasteiger partial charge >= 0.3 is 0 Å². The summed E-state index contributed by atoms with van der Waals surface area (Å²) in [6.07, 6.45) is 9.84. The molecule has 0 aromatic carbocycles. The fourth-order valence-corrected chi connectivity index (χ4v) is 3.88. The van der Waals surface area contributed by atoms with Gasteiger partial charge in [-0.3, -0.25) is 9.59 Å². The molecule has 0 aromatic rings. The molecule has 0 radical (unpaired) electrons. The van der Waals surface area contributed by atoms with E-state index >= 15 is 0 Å². The highest BCUT2D eigenvalue weighted by atomic mass is 16.2. The number of rotatable bonds is 2. The lowest BCUT2D eigenvalue weighted by Gasteiger charge is -2.36. The minimum absolute atomic E-state index is 0.0453. The van der Waals surface area contributed by atoms with Crippen molar-refractivity contribution in [3.8, 4) is 0 Å². The summed E-state index contributed by atoms with van der Waals surface area (Å²) in [5, 5.41) is 3.02. The standard InChI is InChI=1S/C16H26N2O2/c1-16(12-8-9-12)15(20)18(11-10-14(19)17-16)13-6-4-2-3-5-7-13/h12-13H,2-11H2,1H3,(H,17,19). The van der Waals surface area contributed by atoms with Crippen molar-refractivity contribution >= 4 is 11.8 Å². The molecule has 2 saturated carbocycles. The maximum atomic E-state index is 13.0. The van der Waals surface area contributed by atoms with E-state index in [1.165, 1.54) is 25.7 Å². The van der Waals surface area contributed by atoms with Gasteiger partial charge in [0.05, 0.1) is 0 Å². The van der Waals surface area contributed by atoms with Crippen molar-refractivity contribution < 1.29 is 9.59 Å². The van der Waals surface area contributed by atoms with Crippen molar-refractivity contribution in [3.63, 3.8) is 0 Å². The molecule has 3 rings (SSSR count). The molecule has 1 aliphatic heterocycles. The molecule has 0 bridgehead atoms. The van der Waals surface area contributed by atoms with E-state index in [2.05, 4.69) is 5.32 Å². The van der Waals surface area contributed by atoms with Crippen molar-refractivity contribution in [1.29, 1.82) is 0 Å². The average molecular weight is 278 g/mol. The molecule has 20 heavy (non-hydrogen) atoms. The molecule has 3 aliphatic rings. The predicted molar refractivity (Wildman–Crippen MR) is 77.1 cm³/mol. The maximum absolute atomic E-state index is 13.0. The molecule has 1 saturated heterocycles. The quantitative estimate of drug-likeness (QED) is 0.787. The molecule has 2 amide bonds. The normalized spacial score (nSPS) is 33.5. The molecule has 0 spiro atoms. The van der Waals surface area contributed by atoms with Crippen molar-refractivity contribution in [2.75, 3.05) is 6.54 Å². The summed E-state index contributed by atoms with van der Waals surface area (Å²) in [5.41, 5.74) is -0.639. The van der Waals surface area contributed by atoms with Gasteiger partial charge in [0.25, 0.3) is 0 Å². The lowest BCUT2D eigenvalue weighted by Crippen LogP contribution is -2.58. The van der Waals surface area contributed by atoms with Crippen LogP contribution in [0, 0.1) is 5.92 Å². The molecule has 3 fully saturated rings. The molecule has 112 valence electrons. The Morgan fingerprint density at radius 2 is 1.70 bits per heavy atom. The van der Waals surface area contributed by atoms with Gasteiger partial charge in [0.15, 0.2) is 0 Å². The van der Waals surface area contributed by atoms with E-state index in [0.29, 0.717) is 24.9 Å². The third-order valence-corrected chi connectivity index (χ3v) is 5.34. The van der Waals surface area contributed by atoms with Gasteiger partial charge in [-0.1, -0.05) is 25.7 Å². The van der Waals surface area contributed by atoms with Crippen LogP contribution in [0.1, 0.15) is 64.7 Å². The Morgan fingerprint density at radius 1 is 1.05 bits per heavy atom. The lowest BCUT2D eigenvalue weighted by atomic mass is 9.92. The fraction of sp³-hybridized carbons (Fsp3) is 0.875. The molecule has 1 atom stereocenters. The van der Waals surface area contributed by atoms with E-state index in [0.717, 1.165) is 25.7 Å². The van der Waals surface area contributed by atoms with Crippen LogP contribution in [0.15, 0.2) is 0 Å². The van der Waals surface area contributed by atoms with Gasteiger partial charge < -0.3 is 10.2 Å². The van der Waals surface area contributed by atoms with Crippen LogP contribution < -0.4 is 5.32 Å². The van der Waals surface area contributed by atoms with Crippen LogP contribution >= 0.6 is 0 Å². The van der Waals surface area contributed by atoms with Gasteiger partial charge in [-0.05, 0) is 38.5 Å². The predicted octanol–water partition coefficient (Wildman–Crippen LogP) is 2.23. The number of nitrogens with zero attached hydrogens (tertiary/aromatic N) is 1. The van der Waals surface area contributed by atoms with Crippen LogP contribution in [-0.2, 0) is 9.59 Å². The Balaban J connectivity index is 1.81. The highest BCUT2D eigenvalue weighted by Crippen LogP contribution is 2.42. The zero-order valence-electron chi connectivity index (χ0n) is 12.5. The number of hydrogen-bond donors (Lipinski definition) is 1. The topological polar surface area (TPSA) is 49.4 Å². The van der Waals surface area contributed by atoms with Crippen LogP contribution in [0.25, 0.3) is 0 Å². The Hall–Kier alpha value is -1.06. The first-order chi connectivity index (χ1) is 9.61. The first kappa shape index (κ1) is 13.9. The smallest absolute Gasteiger partial charge is 0.248 e. The maximum Gasteiger partial charge on any atom is 0.248 e. The van der Waals surface area contributed by atoms with Crippen molar-refractivity contribution in [2.24, 2.45) is 5.92 Å². The largest absolute Gasteiger partial charge is 0.342 e.